The lowest BCUT2D eigenvalue weighted by molar-refractivity contribution is 0.0929. The Labute approximate surface area is 130 Å². The van der Waals surface area contributed by atoms with Crippen molar-refractivity contribution < 1.29 is 4.79 Å². The summed E-state index contributed by atoms with van der Waals surface area (Å²) < 4.78 is 1.84. The molecule has 1 amide bonds. The van der Waals surface area contributed by atoms with Crippen molar-refractivity contribution >= 4 is 5.91 Å². The van der Waals surface area contributed by atoms with E-state index in [2.05, 4.69) is 15.7 Å². The normalized spacial score (nSPS) is 18.2. The number of hydrogen-bond donors (Lipinski definition) is 2. The second-order valence-corrected chi connectivity index (χ2v) is 5.81. The Kier molecular flexibility index (Phi) is 4.24. The molecule has 0 saturated carbocycles. The van der Waals surface area contributed by atoms with Crippen LogP contribution < -0.4 is 10.6 Å². The van der Waals surface area contributed by atoms with Gasteiger partial charge in [-0.05, 0) is 45.4 Å². The van der Waals surface area contributed by atoms with E-state index in [1.165, 1.54) is 0 Å². The van der Waals surface area contributed by atoms with E-state index in [-0.39, 0.29) is 11.9 Å². The number of aromatic nitrogens is 2. The molecule has 0 bridgehead atoms. The molecule has 3 rings (SSSR count). The molecule has 1 saturated heterocycles. The minimum atomic E-state index is -0.0223. The maximum absolute atomic E-state index is 12.6. The smallest absolute Gasteiger partial charge is 0.255 e. The average molecular weight is 298 g/mol. The number of nitrogens with one attached hydrogen (secondary N) is 2. The van der Waals surface area contributed by atoms with Crippen LogP contribution in [0.2, 0.25) is 0 Å². The molecule has 22 heavy (non-hydrogen) atoms. The van der Waals surface area contributed by atoms with Crippen molar-refractivity contribution in [3.63, 3.8) is 0 Å². The fourth-order valence-electron chi connectivity index (χ4n) is 3.02. The Hall–Kier alpha value is -2.14. The van der Waals surface area contributed by atoms with Crippen molar-refractivity contribution in [1.29, 1.82) is 0 Å². The van der Waals surface area contributed by atoms with Gasteiger partial charge in [-0.2, -0.15) is 5.10 Å². The summed E-state index contributed by atoms with van der Waals surface area (Å²) >= 11 is 0. The number of aryl methyl sites for hydroxylation is 1. The summed E-state index contributed by atoms with van der Waals surface area (Å²) in [6.45, 7) is 5.72. The van der Waals surface area contributed by atoms with Gasteiger partial charge >= 0.3 is 0 Å². The molecule has 5 heteroatoms. The fraction of sp³-hybridized carbons (Fsp3) is 0.412. The predicted molar refractivity (Wildman–Crippen MR) is 86.4 cm³/mol. The number of carbonyl (C=O) groups is 1. The maximum Gasteiger partial charge on any atom is 0.255 e. The summed E-state index contributed by atoms with van der Waals surface area (Å²) in [4.78, 5) is 12.6. The van der Waals surface area contributed by atoms with E-state index in [0.717, 1.165) is 43.0 Å². The van der Waals surface area contributed by atoms with E-state index < -0.39 is 0 Å². The third-order valence-electron chi connectivity index (χ3n) is 4.15. The second-order valence-electron chi connectivity index (χ2n) is 5.81. The van der Waals surface area contributed by atoms with Crippen LogP contribution in [-0.4, -0.2) is 34.8 Å². The first kappa shape index (κ1) is 14.8. The monoisotopic (exact) mass is 298 g/mol. The summed E-state index contributed by atoms with van der Waals surface area (Å²) in [5.41, 5.74) is 3.31. The largest absolute Gasteiger partial charge is 0.348 e. The molecule has 1 aliphatic heterocycles. The molecule has 1 atom stereocenters. The zero-order valence-corrected chi connectivity index (χ0v) is 13.1. The number of para-hydroxylation sites is 1. The number of rotatable bonds is 3. The first-order valence-corrected chi connectivity index (χ1v) is 7.80. The Morgan fingerprint density at radius 3 is 2.77 bits per heavy atom. The van der Waals surface area contributed by atoms with Gasteiger partial charge in [0, 0.05) is 12.6 Å². The van der Waals surface area contributed by atoms with Crippen molar-refractivity contribution in [2.75, 3.05) is 13.1 Å². The van der Waals surface area contributed by atoms with E-state index in [0.29, 0.717) is 5.56 Å². The van der Waals surface area contributed by atoms with Crippen LogP contribution in [0.5, 0.6) is 0 Å². The van der Waals surface area contributed by atoms with E-state index in [4.69, 9.17) is 0 Å². The van der Waals surface area contributed by atoms with Crippen molar-refractivity contribution in [2.24, 2.45) is 0 Å². The van der Waals surface area contributed by atoms with Gasteiger partial charge in [0.15, 0.2) is 0 Å². The van der Waals surface area contributed by atoms with Crippen LogP contribution in [0.4, 0.5) is 0 Å². The first-order valence-electron chi connectivity index (χ1n) is 7.80. The molecule has 2 heterocycles. The Bertz CT molecular complexity index is 657. The summed E-state index contributed by atoms with van der Waals surface area (Å²) in [5, 5.41) is 11.0. The van der Waals surface area contributed by atoms with Crippen molar-refractivity contribution in [1.82, 2.24) is 20.4 Å². The Morgan fingerprint density at radius 2 is 2.09 bits per heavy atom. The highest BCUT2D eigenvalue weighted by molar-refractivity contribution is 5.96. The van der Waals surface area contributed by atoms with Gasteiger partial charge in [0.05, 0.1) is 22.6 Å². The molecule has 1 aromatic carbocycles. The number of hydrogen-bond acceptors (Lipinski definition) is 3. The van der Waals surface area contributed by atoms with Crippen LogP contribution in [0.1, 0.15) is 34.6 Å². The molecule has 0 radical (unpaired) electrons. The molecule has 1 aliphatic rings. The lowest BCUT2D eigenvalue weighted by atomic mass is 10.1. The van der Waals surface area contributed by atoms with Crippen molar-refractivity contribution in [3.8, 4) is 5.69 Å². The van der Waals surface area contributed by atoms with Gasteiger partial charge in [0.2, 0.25) is 0 Å². The standard InChI is InChI=1S/C17H22N4O/c1-12-16(17(22)19-14-7-6-10-18-11-14)13(2)21(20-12)15-8-4-3-5-9-15/h3-5,8-9,14,18H,6-7,10-11H2,1-2H3,(H,19,22)/t14-/m0/s1. The molecule has 116 valence electrons. The van der Waals surface area contributed by atoms with Crippen LogP contribution in [-0.2, 0) is 0 Å². The van der Waals surface area contributed by atoms with Gasteiger partial charge < -0.3 is 10.6 Å². The Balaban J connectivity index is 1.84. The van der Waals surface area contributed by atoms with Crippen LogP contribution in [0.15, 0.2) is 30.3 Å². The fourth-order valence-corrected chi connectivity index (χ4v) is 3.02. The SMILES string of the molecule is Cc1nn(-c2ccccc2)c(C)c1C(=O)N[C@H]1CCCNC1. The average Bonchev–Trinajstić information content (AvgIpc) is 2.84. The number of nitrogens with zero attached hydrogens (tertiary/aromatic N) is 2. The molecule has 1 fully saturated rings. The zero-order chi connectivity index (χ0) is 15.5. The topological polar surface area (TPSA) is 59.0 Å². The highest BCUT2D eigenvalue weighted by Crippen LogP contribution is 2.18. The highest BCUT2D eigenvalue weighted by atomic mass is 16.1. The summed E-state index contributed by atoms with van der Waals surface area (Å²) in [5.74, 6) is -0.0223. The summed E-state index contributed by atoms with van der Waals surface area (Å²) in [6.07, 6.45) is 2.13. The van der Waals surface area contributed by atoms with Gasteiger partial charge in [-0.1, -0.05) is 18.2 Å². The number of carbonyl (C=O) groups excluding carboxylic acids is 1. The first-order chi connectivity index (χ1) is 10.7. The van der Waals surface area contributed by atoms with Crippen molar-refractivity contribution in [2.45, 2.75) is 32.7 Å². The molecular weight excluding hydrogens is 276 g/mol. The zero-order valence-electron chi connectivity index (χ0n) is 13.1. The van der Waals surface area contributed by atoms with E-state index in [1.54, 1.807) is 0 Å². The molecule has 1 aromatic heterocycles. The third-order valence-corrected chi connectivity index (χ3v) is 4.15. The maximum atomic E-state index is 12.6. The van der Waals surface area contributed by atoms with Gasteiger partial charge in [-0.25, -0.2) is 4.68 Å². The lowest BCUT2D eigenvalue weighted by Gasteiger charge is -2.23. The molecule has 5 nitrogen and oxygen atoms in total. The number of benzene rings is 1. The molecular formula is C17H22N4O. The minimum absolute atomic E-state index is 0.0223. The van der Waals surface area contributed by atoms with Gasteiger partial charge in [-0.15, -0.1) is 0 Å². The summed E-state index contributed by atoms with van der Waals surface area (Å²) in [6, 6.07) is 10.1. The van der Waals surface area contributed by atoms with Gasteiger partial charge in [0.1, 0.15) is 0 Å². The summed E-state index contributed by atoms with van der Waals surface area (Å²) in [7, 11) is 0. The van der Waals surface area contributed by atoms with E-state index >= 15 is 0 Å². The Morgan fingerprint density at radius 1 is 1.32 bits per heavy atom. The second kappa shape index (κ2) is 6.32. The molecule has 0 unspecified atom stereocenters. The highest BCUT2D eigenvalue weighted by Gasteiger charge is 2.22. The van der Waals surface area contributed by atoms with E-state index in [1.807, 2.05) is 48.9 Å². The minimum Gasteiger partial charge on any atom is -0.348 e. The molecule has 0 spiro atoms. The lowest BCUT2D eigenvalue weighted by Crippen LogP contribution is -2.45. The van der Waals surface area contributed by atoms with Gasteiger partial charge in [0.25, 0.3) is 5.91 Å². The van der Waals surface area contributed by atoms with Crippen molar-refractivity contribution in [3.05, 3.63) is 47.3 Å². The number of piperidine rings is 1. The van der Waals surface area contributed by atoms with Gasteiger partial charge in [-0.3, -0.25) is 4.79 Å². The third kappa shape index (κ3) is 2.90. The van der Waals surface area contributed by atoms with Crippen LogP contribution in [0, 0.1) is 13.8 Å². The quantitative estimate of drug-likeness (QED) is 0.911. The predicted octanol–water partition coefficient (Wildman–Crippen LogP) is 1.97. The van der Waals surface area contributed by atoms with E-state index in [9.17, 15) is 4.79 Å². The number of amides is 1. The molecule has 2 aromatic rings. The molecule has 0 aliphatic carbocycles. The molecule has 2 N–H and O–H groups in total. The van der Waals surface area contributed by atoms with Crippen LogP contribution >= 0.6 is 0 Å². The van der Waals surface area contributed by atoms with Crippen LogP contribution in [0.25, 0.3) is 5.69 Å². The van der Waals surface area contributed by atoms with Crippen LogP contribution in [0.3, 0.4) is 0 Å².